The van der Waals surface area contributed by atoms with E-state index >= 15 is 0 Å². The number of nitrogen functional groups attached to an aromatic ring is 1. The minimum Gasteiger partial charge on any atom is -0.383 e. The lowest BCUT2D eigenvalue weighted by Gasteiger charge is -2.40. The van der Waals surface area contributed by atoms with Crippen LogP contribution in [0.5, 0.6) is 0 Å². The van der Waals surface area contributed by atoms with E-state index in [0.29, 0.717) is 41.5 Å². The molecule has 3 fully saturated rings. The number of nitrogens with two attached hydrogens (primary N) is 1. The molecule has 176 valence electrons. The van der Waals surface area contributed by atoms with Crippen LogP contribution in [0.25, 0.3) is 0 Å². The Labute approximate surface area is 187 Å². The van der Waals surface area contributed by atoms with Crippen molar-refractivity contribution in [2.24, 2.45) is 22.9 Å². The average Bonchev–Trinajstić information content (AvgIpc) is 3.07. The van der Waals surface area contributed by atoms with Gasteiger partial charge in [-0.15, -0.1) is 0 Å². The standard InChI is InChI=1S/C23H32F3N5O/c1-13(2)31-22(3,20-16-9-15(10-17(16)20)30-4-6-32-7-5-30)11-19(29-31)14-8-18(23(24,25)26)21(27)28-12-14/h8,12-13,15-17,20H,4-7,9-11H2,1-3H3,(H2,27,28). The third kappa shape index (κ3) is 3.57. The first-order chi connectivity index (χ1) is 15.1. The monoisotopic (exact) mass is 451 g/mol. The molecule has 2 saturated carbocycles. The Bertz CT molecular complexity index is 901. The van der Waals surface area contributed by atoms with Gasteiger partial charge in [0.2, 0.25) is 0 Å². The van der Waals surface area contributed by atoms with Crippen LogP contribution in [0.2, 0.25) is 0 Å². The number of alkyl halides is 3. The maximum absolute atomic E-state index is 13.4. The van der Waals surface area contributed by atoms with Crippen molar-refractivity contribution in [3.05, 3.63) is 23.4 Å². The Kier molecular flexibility index (Phi) is 5.20. The lowest BCUT2D eigenvalue weighted by molar-refractivity contribution is -0.137. The van der Waals surface area contributed by atoms with Gasteiger partial charge in [0.05, 0.1) is 30.0 Å². The molecule has 9 heteroatoms. The van der Waals surface area contributed by atoms with Gasteiger partial charge in [0.15, 0.2) is 0 Å². The summed E-state index contributed by atoms with van der Waals surface area (Å²) < 4.78 is 45.6. The summed E-state index contributed by atoms with van der Waals surface area (Å²) in [6.45, 7) is 10.1. The predicted molar refractivity (Wildman–Crippen MR) is 116 cm³/mol. The number of hydrazone groups is 1. The maximum Gasteiger partial charge on any atom is 0.419 e. The summed E-state index contributed by atoms with van der Waals surface area (Å²) in [5.74, 6) is 1.36. The lowest BCUT2D eigenvalue weighted by atomic mass is 9.83. The molecule has 32 heavy (non-hydrogen) atoms. The molecule has 1 aromatic heterocycles. The second-order valence-electron chi connectivity index (χ2n) is 10.3. The number of aromatic nitrogens is 1. The Morgan fingerprint density at radius 3 is 2.44 bits per heavy atom. The van der Waals surface area contributed by atoms with Crippen LogP contribution in [0.15, 0.2) is 17.4 Å². The van der Waals surface area contributed by atoms with E-state index in [0.717, 1.165) is 32.4 Å². The number of nitrogens with zero attached hydrogens (tertiary/aromatic N) is 4. The van der Waals surface area contributed by atoms with Crippen molar-refractivity contribution in [2.45, 2.75) is 63.8 Å². The molecule has 2 aliphatic carbocycles. The Morgan fingerprint density at radius 1 is 1.19 bits per heavy atom. The SMILES string of the molecule is CC(C)N1N=C(c2cnc(N)c(C(F)(F)F)c2)CC1(C)C1C2CC(N3CCOCC3)CC21. The van der Waals surface area contributed by atoms with Crippen LogP contribution in [-0.4, -0.2) is 64.5 Å². The molecule has 3 atom stereocenters. The quantitative estimate of drug-likeness (QED) is 0.758. The Hall–Kier alpha value is -1.87. The topological polar surface area (TPSA) is 67.0 Å². The third-order valence-corrected chi connectivity index (χ3v) is 8.02. The molecule has 2 N–H and O–H groups in total. The van der Waals surface area contributed by atoms with Gasteiger partial charge in [0.1, 0.15) is 5.82 Å². The molecule has 5 rings (SSSR count). The normalized spacial score (nSPS) is 35.3. The van der Waals surface area contributed by atoms with E-state index in [1.54, 1.807) is 0 Å². The van der Waals surface area contributed by atoms with Crippen molar-refractivity contribution in [3.63, 3.8) is 0 Å². The summed E-state index contributed by atoms with van der Waals surface area (Å²) in [4.78, 5) is 6.40. The van der Waals surface area contributed by atoms with Gasteiger partial charge in [0, 0.05) is 43.4 Å². The van der Waals surface area contributed by atoms with Crippen LogP contribution in [0.1, 0.15) is 51.2 Å². The van der Waals surface area contributed by atoms with Crippen LogP contribution in [-0.2, 0) is 10.9 Å². The maximum atomic E-state index is 13.4. The summed E-state index contributed by atoms with van der Waals surface area (Å²) in [5, 5.41) is 6.97. The smallest absolute Gasteiger partial charge is 0.383 e. The van der Waals surface area contributed by atoms with Gasteiger partial charge in [-0.3, -0.25) is 9.91 Å². The van der Waals surface area contributed by atoms with Crippen LogP contribution in [0.4, 0.5) is 19.0 Å². The second-order valence-corrected chi connectivity index (χ2v) is 10.3. The highest BCUT2D eigenvalue weighted by molar-refractivity contribution is 6.02. The number of pyridine rings is 1. The number of hydrogen-bond donors (Lipinski definition) is 1. The fraction of sp³-hybridized carbons (Fsp3) is 0.739. The molecule has 2 aliphatic heterocycles. The molecule has 0 bridgehead atoms. The third-order valence-electron chi connectivity index (χ3n) is 8.02. The molecule has 3 unspecified atom stereocenters. The highest BCUT2D eigenvalue weighted by Gasteiger charge is 2.66. The van der Waals surface area contributed by atoms with E-state index < -0.39 is 17.6 Å². The van der Waals surface area contributed by atoms with Gasteiger partial charge < -0.3 is 10.5 Å². The van der Waals surface area contributed by atoms with Crippen LogP contribution in [0.3, 0.4) is 0 Å². The molecule has 0 amide bonds. The van der Waals surface area contributed by atoms with E-state index in [1.165, 1.54) is 19.0 Å². The predicted octanol–water partition coefficient (Wildman–Crippen LogP) is 3.62. The molecule has 6 nitrogen and oxygen atoms in total. The fourth-order valence-electron chi connectivity index (χ4n) is 6.67. The first-order valence-corrected chi connectivity index (χ1v) is 11.6. The van der Waals surface area contributed by atoms with E-state index in [9.17, 15) is 13.2 Å². The van der Waals surface area contributed by atoms with Gasteiger partial charge in [-0.2, -0.15) is 18.3 Å². The van der Waals surface area contributed by atoms with Gasteiger partial charge >= 0.3 is 6.18 Å². The van der Waals surface area contributed by atoms with Crippen molar-refractivity contribution in [1.82, 2.24) is 14.9 Å². The van der Waals surface area contributed by atoms with Crippen molar-refractivity contribution in [1.29, 1.82) is 0 Å². The zero-order chi connectivity index (χ0) is 22.8. The molecule has 4 aliphatic rings. The summed E-state index contributed by atoms with van der Waals surface area (Å²) in [6, 6.07) is 1.91. The molecule has 0 aromatic carbocycles. The number of fused-ring (bicyclic) bond motifs is 1. The highest BCUT2D eigenvalue weighted by atomic mass is 19.4. The molecule has 1 saturated heterocycles. The van der Waals surface area contributed by atoms with Crippen LogP contribution < -0.4 is 5.73 Å². The van der Waals surface area contributed by atoms with Crippen molar-refractivity contribution in [3.8, 4) is 0 Å². The second kappa shape index (κ2) is 7.58. The van der Waals surface area contributed by atoms with Crippen molar-refractivity contribution < 1.29 is 17.9 Å². The number of ether oxygens (including phenoxy) is 1. The highest BCUT2D eigenvalue weighted by Crippen LogP contribution is 2.65. The molecule has 1 aromatic rings. The summed E-state index contributed by atoms with van der Waals surface area (Å²) in [7, 11) is 0. The van der Waals surface area contributed by atoms with Crippen LogP contribution in [0, 0.1) is 17.8 Å². The van der Waals surface area contributed by atoms with Gasteiger partial charge in [-0.1, -0.05) is 0 Å². The Balaban J connectivity index is 1.35. The van der Waals surface area contributed by atoms with Gasteiger partial charge in [0.25, 0.3) is 0 Å². The zero-order valence-corrected chi connectivity index (χ0v) is 18.9. The first-order valence-electron chi connectivity index (χ1n) is 11.6. The zero-order valence-electron chi connectivity index (χ0n) is 18.9. The van der Waals surface area contributed by atoms with Gasteiger partial charge in [-0.25, -0.2) is 4.98 Å². The minimum absolute atomic E-state index is 0.165. The fourth-order valence-corrected chi connectivity index (χ4v) is 6.67. The van der Waals surface area contributed by atoms with E-state index in [4.69, 9.17) is 15.6 Å². The molecular weight excluding hydrogens is 419 g/mol. The number of anilines is 1. The van der Waals surface area contributed by atoms with Crippen molar-refractivity contribution >= 4 is 11.5 Å². The largest absolute Gasteiger partial charge is 0.419 e. The summed E-state index contributed by atoms with van der Waals surface area (Å²) >= 11 is 0. The summed E-state index contributed by atoms with van der Waals surface area (Å²) in [5.41, 5.74) is 5.52. The first kappa shape index (κ1) is 21.9. The number of halogens is 3. The number of morpholine rings is 1. The Morgan fingerprint density at radius 2 is 1.84 bits per heavy atom. The van der Waals surface area contributed by atoms with E-state index in [2.05, 4.69) is 35.7 Å². The summed E-state index contributed by atoms with van der Waals surface area (Å²) in [6.07, 6.45) is -0.0687. The number of hydrogen-bond acceptors (Lipinski definition) is 6. The molecular formula is C23H32F3N5O. The average molecular weight is 452 g/mol. The van der Waals surface area contributed by atoms with Crippen LogP contribution >= 0.6 is 0 Å². The number of rotatable bonds is 4. The van der Waals surface area contributed by atoms with Gasteiger partial charge in [-0.05, 0) is 57.4 Å². The molecule has 0 radical (unpaired) electrons. The van der Waals surface area contributed by atoms with E-state index in [1.807, 2.05) is 0 Å². The van der Waals surface area contributed by atoms with E-state index in [-0.39, 0.29) is 11.6 Å². The minimum atomic E-state index is -4.53. The molecule has 0 spiro atoms. The van der Waals surface area contributed by atoms with Crippen molar-refractivity contribution in [2.75, 3.05) is 32.0 Å². The molecule has 3 heterocycles. The lowest BCUT2D eigenvalue weighted by Crippen LogP contribution is -2.48.